The van der Waals surface area contributed by atoms with E-state index in [1.165, 1.54) is 23.1 Å². The molecule has 1 amide bonds. The van der Waals surface area contributed by atoms with Crippen LogP contribution in [0.1, 0.15) is 31.4 Å². The van der Waals surface area contributed by atoms with Crippen LogP contribution in [0.4, 0.5) is 0 Å². The summed E-state index contributed by atoms with van der Waals surface area (Å²) in [5.41, 5.74) is 0.454. The number of fused-ring (bicyclic) bond motifs is 1. The number of rotatable bonds is 3. The van der Waals surface area contributed by atoms with Gasteiger partial charge >= 0.3 is 5.91 Å². The molecule has 0 radical (unpaired) electrons. The van der Waals surface area contributed by atoms with Gasteiger partial charge in [0.25, 0.3) is 10.0 Å². The number of carbonyl (C=O) groups is 1. The number of hydrogen-bond donors (Lipinski definition) is 2. The van der Waals surface area contributed by atoms with E-state index in [1.807, 2.05) is 25.5 Å². The summed E-state index contributed by atoms with van der Waals surface area (Å²) < 4.78 is 28.3. The number of amides is 1. The van der Waals surface area contributed by atoms with Crippen molar-refractivity contribution in [3.05, 3.63) is 42.6 Å². The first-order chi connectivity index (χ1) is 11.2. The molecule has 0 aliphatic rings. The molecule has 0 aliphatic heterocycles. The molecule has 8 nitrogen and oxygen atoms in total. The van der Waals surface area contributed by atoms with Crippen LogP contribution in [-0.4, -0.2) is 34.1 Å². The van der Waals surface area contributed by atoms with Gasteiger partial charge in [-0.25, -0.2) is 22.8 Å². The van der Waals surface area contributed by atoms with Gasteiger partial charge in [-0.15, -0.1) is 5.10 Å². The Kier molecular flexibility index (Phi) is 3.67. The number of sulfonamides is 1. The van der Waals surface area contributed by atoms with Gasteiger partial charge in [0, 0.05) is 17.1 Å². The average Bonchev–Trinajstić information content (AvgIpc) is 3.14. The molecule has 0 unspecified atom stereocenters. The molecule has 9 heteroatoms. The average molecular weight is 347 g/mol. The van der Waals surface area contributed by atoms with Crippen molar-refractivity contribution in [2.75, 3.05) is 0 Å². The molecule has 2 N–H and O–H groups in total. The number of carbonyl (C=O) groups excluding carboxylic acids is 1. The topological polar surface area (TPSA) is 110 Å². The number of aromatic amines is 1. The van der Waals surface area contributed by atoms with E-state index in [9.17, 15) is 13.2 Å². The smallest absolute Gasteiger partial charge is 0.304 e. The summed E-state index contributed by atoms with van der Waals surface area (Å²) in [6, 6.07) is 6.31. The number of benzene rings is 1. The maximum atomic E-state index is 12.4. The van der Waals surface area contributed by atoms with E-state index in [4.69, 9.17) is 0 Å². The number of hydrogen-bond acceptors (Lipinski definition) is 5. The van der Waals surface area contributed by atoms with Crippen LogP contribution >= 0.6 is 0 Å². The van der Waals surface area contributed by atoms with Gasteiger partial charge in [0.15, 0.2) is 0 Å². The Morgan fingerprint density at radius 3 is 2.67 bits per heavy atom. The highest BCUT2D eigenvalue weighted by Crippen LogP contribution is 2.18. The van der Waals surface area contributed by atoms with Gasteiger partial charge in [0.1, 0.15) is 6.33 Å². The number of aromatic nitrogens is 4. The molecule has 3 rings (SSSR count). The molecule has 0 bridgehead atoms. The van der Waals surface area contributed by atoms with Crippen LogP contribution in [0.2, 0.25) is 0 Å². The minimum absolute atomic E-state index is 0.00166. The fraction of sp³-hybridized carbons (Fsp3) is 0.267. The molecule has 3 aromatic rings. The molecule has 0 saturated carbocycles. The summed E-state index contributed by atoms with van der Waals surface area (Å²) >= 11 is 0. The Labute approximate surface area is 139 Å². The van der Waals surface area contributed by atoms with Gasteiger partial charge in [-0.2, -0.15) is 0 Å². The van der Waals surface area contributed by atoms with Crippen molar-refractivity contribution >= 4 is 26.8 Å². The van der Waals surface area contributed by atoms with Crippen LogP contribution in [0.5, 0.6) is 0 Å². The van der Waals surface area contributed by atoms with Gasteiger partial charge in [-0.3, -0.25) is 4.79 Å². The van der Waals surface area contributed by atoms with E-state index < -0.39 is 15.9 Å². The van der Waals surface area contributed by atoms with Crippen LogP contribution in [0.25, 0.3) is 10.9 Å². The van der Waals surface area contributed by atoms with Crippen LogP contribution in [0.3, 0.4) is 0 Å². The van der Waals surface area contributed by atoms with Gasteiger partial charge < -0.3 is 4.98 Å². The molecule has 0 saturated heterocycles. The molecule has 0 atom stereocenters. The molecular weight excluding hydrogens is 330 g/mol. The highest BCUT2D eigenvalue weighted by molar-refractivity contribution is 7.90. The van der Waals surface area contributed by atoms with Crippen molar-refractivity contribution in [1.82, 2.24) is 24.5 Å². The molecular formula is C15H17N5O3S. The summed E-state index contributed by atoms with van der Waals surface area (Å²) in [4.78, 5) is 19.0. The monoisotopic (exact) mass is 347 g/mol. The number of nitrogens with one attached hydrogen (secondary N) is 2. The zero-order chi connectivity index (χ0) is 17.5. The van der Waals surface area contributed by atoms with Crippen molar-refractivity contribution < 1.29 is 13.2 Å². The Bertz CT molecular complexity index is 1010. The minimum Gasteiger partial charge on any atom is -0.361 e. The van der Waals surface area contributed by atoms with E-state index >= 15 is 0 Å². The molecule has 0 aliphatic carbocycles. The van der Waals surface area contributed by atoms with E-state index in [-0.39, 0.29) is 16.3 Å². The van der Waals surface area contributed by atoms with Gasteiger partial charge in [-0.05, 0) is 45.0 Å². The van der Waals surface area contributed by atoms with Gasteiger partial charge in [-0.1, -0.05) is 0 Å². The quantitative estimate of drug-likeness (QED) is 0.748. The summed E-state index contributed by atoms with van der Waals surface area (Å²) in [6.45, 7) is 5.69. The molecule has 0 spiro atoms. The molecule has 0 fully saturated rings. The first-order valence-corrected chi connectivity index (χ1v) is 8.71. The first kappa shape index (κ1) is 16.2. The first-order valence-electron chi connectivity index (χ1n) is 7.23. The number of nitrogens with zero attached hydrogens (tertiary/aromatic N) is 3. The van der Waals surface area contributed by atoms with E-state index in [0.29, 0.717) is 0 Å². The fourth-order valence-electron chi connectivity index (χ4n) is 2.12. The van der Waals surface area contributed by atoms with E-state index in [1.54, 1.807) is 18.3 Å². The Morgan fingerprint density at radius 1 is 1.25 bits per heavy atom. The second-order valence-electron chi connectivity index (χ2n) is 6.34. The van der Waals surface area contributed by atoms with Crippen molar-refractivity contribution in [3.8, 4) is 0 Å². The molecule has 126 valence electrons. The minimum atomic E-state index is -4.01. The van der Waals surface area contributed by atoms with Gasteiger partial charge in [0.05, 0.1) is 10.4 Å². The summed E-state index contributed by atoms with van der Waals surface area (Å²) in [7, 11) is -4.01. The standard InChI is InChI=1S/C15H17N5O3S/c1-15(2,3)20-9-17-13(18-20)14(21)19-24(22,23)11-4-5-12-10(8-11)6-7-16-12/h4-9,16H,1-3H3,(H,19,21). The second kappa shape index (κ2) is 5.45. The van der Waals surface area contributed by atoms with Crippen LogP contribution in [0.15, 0.2) is 41.7 Å². The lowest BCUT2D eigenvalue weighted by Crippen LogP contribution is -2.32. The van der Waals surface area contributed by atoms with Crippen molar-refractivity contribution in [3.63, 3.8) is 0 Å². The third-order valence-corrected chi connectivity index (χ3v) is 4.77. The van der Waals surface area contributed by atoms with Crippen molar-refractivity contribution in [2.24, 2.45) is 0 Å². The lowest BCUT2D eigenvalue weighted by atomic mass is 10.1. The van der Waals surface area contributed by atoms with Crippen molar-refractivity contribution in [2.45, 2.75) is 31.2 Å². The zero-order valence-electron chi connectivity index (χ0n) is 13.4. The lowest BCUT2D eigenvalue weighted by molar-refractivity contribution is 0.0970. The molecule has 1 aromatic carbocycles. The predicted octanol–water partition coefficient (Wildman–Crippen LogP) is 1.63. The molecule has 24 heavy (non-hydrogen) atoms. The highest BCUT2D eigenvalue weighted by atomic mass is 32.2. The third-order valence-electron chi connectivity index (χ3n) is 3.44. The van der Waals surface area contributed by atoms with Crippen molar-refractivity contribution in [1.29, 1.82) is 0 Å². The Hall–Kier alpha value is -2.68. The van der Waals surface area contributed by atoms with Gasteiger partial charge in [0.2, 0.25) is 5.82 Å². The summed E-state index contributed by atoms with van der Waals surface area (Å²) in [5, 5.41) is 4.76. The molecule has 2 heterocycles. The number of H-pyrrole nitrogens is 1. The summed E-state index contributed by atoms with van der Waals surface area (Å²) in [6.07, 6.45) is 3.11. The fourth-order valence-corrected chi connectivity index (χ4v) is 3.10. The highest BCUT2D eigenvalue weighted by Gasteiger charge is 2.23. The SMILES string of the molecule is CC(C)(C)n1cnc(C(=O)NS(=O)(=O)c2ccc3[nH]ccc3c2)n1. The Balaban J connectivity index is 1.85. The Morgan fingerprint density at radius 2 is 2.00 bits per heavy atom. The maximum Gasteiger partial charge on any atom is 0.304 e. The van der Waals surface area contributed by atoms with Crippen LogP contribution in [-0.2, 0) is 15.6 Å². The van der Waals surface area contributed by atoms with E-state index in [2.05, 4.69) is 15.1 Å². The van der Waals surface area contributed by atoms with Crippen LogP contribution < -0.4 is 4.72 Å². The van der Waals surface area contributed by atoms with E-state index in [0.717, 1.165) is 10.9 Å². The second-order valence-corrected chi connectivity index (χ2v) is 8.03. The van der Waals surface area contributed by atoms with Crippen LogP contribution in [0, 0.1) is 0 Å². The largest absolute Gasteiger partial charge is 0.361 e. The summed E-state index contributed by atoms with van der Waals surface area (Å²) in [5.74, 6) is -1.07. The maximum absolute atomic E-state index is 12.4. The normalized spacial score (nSPS) is 12.5. The predicted molar refractivity (Wildman–Crippen MR) is 88.0 cm³/mol. The third kappa shape index (κ3) is 3.02. The zero-order valence-corrected chi connectivity index (χ0v) is 14.3. The molecule has 2 aromatic heterocycles. The lowest BCUT2D eigenvalue weighted by Gasteiger charge is -2.17.